The minimum atomic E-state index is -0.687. The average molecular weight is 351 g/mol. The zero-order valence-corrected chi connectivity index (χ0v) is 15.8. The predicted octanol–water partition coefficient (Wildman–Crippen LogP) is 5.87. The summed E-state index contributed by atoms with van der Waals surface area (Å²) in [5.74, 6) is 0.753. The molecule has 26 heavy (non-hydrogen) atoms. The molecular formula is C23H30N2O. The highest BCUT2D eigenvalue weighted by atomic mass is 16.3. The van der Waals surface area contributed by atoms with Gasteiger partial charge in [0.2, 0.25) is 0 Å². The zero-order chi connectivity index (χ0) is 18.2. The molecule has 2 aromatic carbocycles. The topological polar surface area (TPSA) is 38.0 Å². The molecule has 3 nitrogen and oxygen atoms in total. The molecule has 0 saturated carbocycles. The molecule has 1 aromatic heterocycles. The van der Waals surface area contributed by atoms with Crippen LogP contribution in [0.15, 0.2) is 54.6 Å². The van der Waals surface area contributed by atoms with Crippen molar-refractivity contribution in [2.45, 2.75) is 64.5 Å². The molecule has 0 bridgehead atoms. The number of rotatable bonds is 10. The van der Waals surface area contributed by atoms with E-state index >= 15 is 0 Å². The van der Waals surface area contributed by atoms with E-state index in [1.807, 2.05) is 48.5 Å². The number of unbranched alkanes of at least 4 members (excludes halogenated alkanes) is 6. The molecule has 1 atom stereocenters. The number of aliphatic hydroxyl groups is 1. The first-order chi connectivity index (χ1) is 12.8. The van der Waals surface area contributed by atoms with E-state index in [0.717, 1.165) is 35.4 Å². The summed E-state index contributed by atoms with van der Waals surface area (Å²) in [5.41, 5.74) is 2.97. The van der Waals surface area contributed by atoms with E-state index < -0.39 is 6.10 Å². The van der Waals surface area contributed by atoms with Crippen molar-refractivity contribution in [3.63, 3.8) is 0 Å². The number of aliphatic hydroxyl groups excluding tert-OH is 1. The summed E-state index contributed by atoms with van der Waals surface area (Å²) in [7, 11) is 0. The highest BCUT2D eigenvalue weighted by Crippen LogP contribution is 2.26. The molecule has 0 aliphatic heterocycles. The standard InChI is InChI=1S/C23H30N2O/c1-2-3-4-5-6-7-13-18-25-21-17-12-11-16-20(21)24-23(25)22(26)19-14-9-8-10-15-19/h8-12,14-17,22,26H,2-7,13,18H2,1H3. The number of imidazole rings is 1. The Morgan fingerprint density at radius 3 is 2.27 bits per heavy atom. The van der Waals surface area contributed by atoms with Gasteiger partial charge in [-0.25, -0.2) is 4.98 Å². The molecule has 138 valence electrons. The van der Waals surface area contributed by atoms with Crippen LogP contribution in [0.25, 0.3) is 11.0 Å². The lowest BCUT2D eigenvalue weighted by atomic mass is 10.1. The van der Waals surface area contributed by atoms with Gasteiger partial charge in [-0.2, -0.15) is 0 Å². The van der Waals surface area contributed by atoms with Crippen LogP contribution < -0.4 is 0 Å². The predicted molar refractivity (Wildman–Crippen MR) is 108 cm³/mol. The number of aryl methyl sites for hydroxylation is 1. The van der Waals surface area contributed by atoms with E-state index in [4.69, 9.17) is 4.98 Å². The van der Waals surface area contributed by atoms with Crippen LogP contribution in [-0.2, 0) is 6.54 Å². The maximum absolute atomic E-state index is 10.9. The summed E-state index contributed by atoms with van der Waals surface area (Å²) < 4.78 is 2.21. The van der Waals surface area contributed by atoms with Crippen molar-refractivity contribution in [3.05, 3.63) is 66.0 Å². The molecule has 0 radical (unpaired) electrons. The summed E-state index contributed by atoms with van der Waals surface area (Å²) in [5, 5.41) is 10.9. The quantitative estimate of drug-likeness (QED) is 0.464. The second-order valence-electron chi connectivity index (χ2n) is 7.04. The third-order valence-corrected chi connectivity index (χ3v) is 5.03. The number of nitrogens with zero attached hydrogens (tertiary/aromatic N) is 2. The van der Waals surface area contributed by atoms with E-state index in [1.165, 1.54) is 38.5 Å². The summed E-state index contributed by atoms with van der Waals surface area (Å²) >= 11 is 0. The van der Waals surface area contributed by atoms with Crippen molar-refractivity contribution < 1.29 is 5.11 Å². The maximum atomic E-state index is 10.9. The molecule has 1 unspecified atom stereocenters. The van der Waals surface area contributed by atoms with Crippen molar-refractivity contribution in [1.29, 1.82) is 0 Å². The van der Waals surface area contributed by atoms with Gasteiger partial charge in [0.05, 0.1) is 11.0 Å². The van der Waals surface area contributed by atoms with Crippen LogP contribution in [-0.4, -0.2) is 14.7 Å². The van der Waals surface area contributed by atoms with Gasteiger partial charge in [-0.05, 0) is 24.1 Å². The Morgan fingerprint density at radius 2 is 1.50 bits per heavy atom. The summed E-state index contributed by atoms with van der Waals surface area (Å²) in [6.07, 6.45) is 8.29. The maximum Gasteiger partial charge on any atom is 0.143 e. The second kappa shape index (κ2) is 9.54. The van der Waals surface area contributed by atoms with E-state index in [-0.39, 0.29) is 0 Å². The Kier molecular flexibility index (Phi) is 6.84. The van der Waals surface area contributed by atoms with Crippen LogP contribution in [0, 0.1) is 0 Å². The van der Waals surface area contributed by atoms with Crippen LogP contribution in [0.4, 0.5) is 0 Å². The summed E-state index contributed by atoms with van der Waals surface area (Å²) in [6.45, 7) is 3.16. The molecule has 3 aromatic rings. The Labute approximate surface area is 156 Å². The van der Waals surface area contributed by atoms with Crippen molar-refractivity contribution in [1.82, 2.24) is 9.55 Å². The molecular weight excluding hydrogens is 320 g/mol. The first-order valence-electron chi connectivity index (χ1n) is 9.99. The second-order valence-corrected chi connectivity index (χ2v) is 7.04. The molecule has 0 aliphatic carbocycles. The van der Waals surface area contributed by atoms with Gasteiger partial charge in [-0.15, -0.1) is 0 Å². The summed E-state index contributed by atoms with van der Waals surface area (Å²) in [6, 6.07) is 18.0. The van der Waals surface area contributed by atoms with E-state index in [9.17, 15) is 5.11 Å². The van der Waals surface area contributed by atoms with Gasteiger partial charge in [0.25, 0.3) is 0 Å². The van der Waals surface area contributed by atoms with E-state index in [1.54, 1.807) is 0 Å². The number of aromatic nitrogens is 2. The highest BCUT2D eigenvalue weighted by molar-refractivity contribution is 5.76. The van der Waals surface area contributed by atoms with Gasteiger partial charge in [0, 0.05) is 6.54 Å². The van der Waals surface area contributed by atoms with Crippen LogP contribution in [0.5, 0.6) is 0 Å². The molecule has 1 N–H and O–H groups in total. The fraction of sp³-hybridized carbons (Fsp3) is 0.435. The Morgan fingerprint density at radius 1 is 0.846 bits per heavy atom. The number of para-hydroxylation sites is 2. The normalized spacial score (nSPS) is 12.5. The molecule has 3 rings (SSSR count). The molecule has 0 spiro atoms. The number of fused-ring (bicyclic) bond motifs is 1. The fourth-order valence-corrected chi connectivity index (χ4v) is 3.55. The van der Waals surface area contributed by atoms with Gasteiger partial charge in [0.15, 0.2) is 0 Å². The lowest BCUT2D eigenvalue weighted by molar-refractivity contribution is 0.204. The molecule has 3 heteroatoms. The minimum Gasteiger partial charge on any atom is -0.380 e. The first-order valence-corrected chi connectivity index (χ1v) is 9.99. The van der Waals surface area contributed by atoms with Crippen molar-refractivity contribution in [2.24, 2.45) is 0 Å². The van der Waals surface area contributed by atoms with Gasteiger partial charge >= 0.3 is 0 Å². The smallest absolute Gasteiger partial charge is 0.143 e. The number of hydrogen-bond donors (Lipinski definition) is 1. The number of benzene rings is 2. The molecule has 0 fully saturated rings. The third-order valence-electron chi connectivity index (χ3n) is 5.03. The van der Waals surface area contributed by atoms with Gasteiger partial charge < -0.3 is 9.67 Å². The molecule has 0 saturated heterocycles. The van der Waals surface area contributed by atoms with Crippen LogP contribution in [0.3, 0.4) is 0 Å². The molecule has 1 heterocycles. The van der Waals surface area contributed by atoms with E-state index in [0.29, 0.717) is 0 Å². The zero-order valence-electron chi connectivity index (χ0n) is 15.8. The third kappa shape index (κ3) is 4.53. The Hall–Kier alpha value is -2.13. The van der Waals surface area contributed by atoms with Gasteiger partial charge in [-0.3, -0.25) is 0 Å². The van der Waals surface area contributed by atoms with Crippen molar-refractivity contribution >= 4 is 11.0 Å². The Bertz CT molecular complexity index is 794. The molecule has 0 aliphatic rings. The lowest BCUT2D eigenvalue weighted by Gasteiger charge is -2.14. The van der Waals surface area contributed by atoms with Crippen LogP contribution in [0.1, 0.15) is 69.4 Å². The van der Waals surface area contributed by atoms with Crippen LogP contribution in [0.2, 0.25) is 0 Å². The van der Waals surface area contributed by atoms with Gasteiger partial charge in [-0.1, -0.05) is 87.9 Å². The SMILES string of the molecule is CCCCCCCCCn1c(C(O)c2ccccc2)nc2ccccc21. The van der Waals surface area contributed by atoms with Crippen molar-refractivity contribution in [3.8, 4) is 0 Å². The highest BCUT2D eigenvalue weighted by Gasteiger charge is 2.19. The Balaban J connectivity index is 1.73. The monoisotopic (exact) mass is 350 g/mol. The summed E-state index contributed by atoms with van der Waals surface area (Å²) in [4.78, 5) is 4.74. The van der Waals surface area contributed by atoms with Gasteiger partial charge in [0.1, 0.15) is 11.9 Å². The number of hydrogen-bond acceptors (Lipinski definition) is 2. The minimum absolute atomic E-state index is 0.687. The average Bonchev–Trinajstić information content (AvgIpc) is 3.06. The fourth-order valence-electron chi connectivity index (χ4n) is 3.55. The first kappa shape index (κ1) is 18.7. The largest absolute Gasteiger partial charge is 0.380 e. The van der Waals surface area contributed by atoms with Crippen LogP contribution >= 0.6 is 0 Å². The molecule has 0 amide bonds. The lowest BCUT2D eigenvalue weighted by Crippen LogP contribution is -2.10. The van der Waals surface area contributed by atoms with E-state index in [2.05, 4.69) is 17.6 Å². The van der Waals surface area contributed by atoms with Crippen molar-refractivity contribution in [2.75, 3.05) is 0 Å².